The molecule has 110 valence electrons. The van der Waals surface area contributed by atoms with Crippen molar-refractivity contribution in [3.63, 3.8) is 0 Å². The number of carbonyl (C=O) groups is 1. The molecule has 1 fully saturated rings. The van der Waals surface area contributed by atoms with E-state index in [2.05, 4.69) is 20.6 Å². The molecule has 1 saturated heterocycles. The first kappa shape index (κ1) is 13.7. The Bertz CT molecular complexity index is 643. The summed E-state index contributed by atoms with van der Waals surface area (Å²) in [5, 5.41) is 14.0. The predicted octanol–water partition coefficient (Wildman–Crippen LogP) is 1.67. The van der Waals surface area contributed by atoms with Crippen LogP contribution in [0.15, 0.2) is 18.2 Å². The molecule has 0 aliphatic carbocycles. The molecule has 1 aliphatic rings. The number of nitrogens with one attached hydrogen (secondary N) is 1. The molecule has 1 atom stereocenters. The number of benzene rings is 1. The Kier molecular flexibility index (Phi) is 3.64. The highest BCUT2D eigenvalue weighted by Crippen LogP contribution is 2.25. The van der Waals surface area contributed by atoms with Crippen LogP contribution in [0.1, 0.15) is 40.5 Å². The number of aromatic nitrogens is 4. The molecular weight excluding hydrogens is 273 g/mol. The number of halogens is 1. The van der Waals surface area contributed by atoms with Gasteiger partial charge in [-0.25, -0.2) is 4.39 Å². The van der Waals surface area contributed by atoms with Crippen LogP contribution in [0.3, 0.4) is 0 Å². The number of piperidine rings is 1. The Morgan fingerprint density at radius 3 is 3.05 bits per heavy atom. The lowest BCUT2D eigenvalue weighted by molar-refractivity contribution is 0.0703. The summed E-state index contributed by atoms with van der Waals surface area (Å²) in [6.45, 7) is 3.01. The van der Waals surface area contributed by atoms with Gasteiger partial charge in [0.25, 0.3) is 5.91 Å². The smallest absolute Gasteiger partial charge is 0.254 e. The highest BCUT2D eigenvalue weighted by Gasteiger charge is 2.28. The first-order chi connectivity index (χ1) is 10.1. The molecule has 1 aromatic carbocycles. The minimum Gasteiger partial charge on any atom is -0.338 e. The van der Waals surface area contributed by atoms with Gasteiger partial charge >= 0.3 is 0 Å². The molecular formula is C14H16FN5O. The van der Waals surface area contributed by atoms with Gasteiger partial charge < -0.3 is 4.90 Å². The molecule has 7 heteroatoms. The second-order valence-electron chi connectivity index (χ2n) is 5.32. The molecule has 1 unspecified atom stereocenters. The van der Waals surface area contributed by atoms with Gasteiger partial charge in [-0.15, -0.1) is 10.2 Å². The van der Waals surface area contributed by atoms with E-state index in [1.165, 1.54) is 12.1 Å². The molecule has 1 N–H and O–H groups in total. The first-order valence-electron chi connectivity index (χ1n) is 6.94. The molecule has 1 aromatic heterocycles. The fourth-order valence-corrected chi connectivity index (χ4v) is 2.75. The summed E-state index contributed by atoms with van der Waals surface area (Å²) in [6.07, 6.45) is 1.83. The number of nitrogens with zero attached hydrogens (tertiary/aromatic N) is 4. The zero-order valence-corrected chi connectivity index (χ0v) is 11.7. The highest BCUT2D eigenvalue weighted by atomic mass is 19.1. The minimum absolute atomic E-state index is 0.0688. The van der Waals surface area contributed by atoms with Crippen molar-refractivity contribution in [1.82, 2.24) is 25.5 Å². The standard InChI is InChI=1S/C14H16FN5O/c1-9-7-11(15)4-5-12(9)14(21)20-6-2-3-10(8-20)13-16-18-19-17-13/h4-5,7,10H,2-3,6,8H2,1H3,(H,16,17,18,19). The lowest BCUT2D eigenvalue weighted by Crippen LogP contribution is -2.39. The molecule has 0 radical (unpaired) electrons. The van der Waals surface area contributed by atoms with Crippen LogP contribution in [0.4, 0.5) is 4.39 Å². The van der Waals surface area contributed by atoms with Crippen LogP contribution in [0.5, 0.6) is 0 Å². The summed E-state index contributed by atoms with van der Waals surface area (Å²) in [5.74, 6) is 0.346. The Morgan fingerprint density at radius 2 is 2.33 bits per heavy atom. The molecule has 0 bridgehead atoms. The molecule has 1 amide bonds. The maximum absolute atomic E-state index is 13.1. The monoisotopic (exact) mass is 289 g/mol. The Labute approximate surface area is 121 Å². The molecule has 0 saturated carbocycles. The Hall–Kier alpha value is -2.31. The van der Waals surface area contributed by atoms with Crippen molar-refractivity contribution >= 4 is 5.91 Å². The maximum Gasteiger partial charge on any atom is 0.254 e. The van der Waals surface area contributed by atoms with Crippen molar-refractivity contribution in [2.75, 3.05) is 13.1 Å². The fourth-order valence-electron chi connectivity index (χ4n) is 2.75. The largest absolute Gasteiger partial charge is 0.338 e. The average Bonchev–Trinajstić information content (AvgIpc) is 3.01. The van der Waals surface area contributed by atoms with E-state index in [0.717, 1.165) is 12.8 Å². The fraction of sp³-hybridized carbons (Fsp3) is 0.429. The number of hydrogen-bond donors (Lipinski definition) is 1. The zero-order valence-electron chi connectivity index (χ0n) is 11.7. The number of carbonyl (C=O) groups excluding carboxylic acids is 1. The molecule has 6 nitrogen and oxygen atoms in total. The van der Waals surface area contributed by atoms with Crippen molar-refractivity contribution in [2.24, 2.45) is 0 Å². The molecule has 0 spiro atoms. The van der Waals surface area contributed by atoms with E-state index >= 15 is 0 Å². The van der Waals surface area contributed by atoms with Crippen molar-refractivity contribution < 1.29 is 9.18 Å². The Morgan fingerprint density at radius 1 is 1.48 bits per heavy atom. The number of amides is 1. The van der Waals surface area contributed by atoms with Gasteiger partial charge in [-0.2, -0.15) is 5.21 Å². The molecule has 3 rings (SSSR count). The van der Waals surface area contributed by atoms with Crippen LogP contribution >= 0.6 is 0 Å². The summed E-state index contributed by atoms with van der Waals surface area (Å²) in [6, 6.07) is 4.25. The summed E-state index contributed by atoms with van der Waals surface area (Å²) in [7, 11) is 0. The van der Waals surface area contributed by atoms with Crippen LogP contribution < -0.4 is 0 Å². The lowest BCUT2D eigenvalue weighted by atomic mass is 9.96. The van der Waals surface area contributed by atoms with Gasteiger partial charge in [0, 0.05) is 24.6 Å². The number of rotatable bonds is 2. The van der Waals surface area contributed by atoms with Gasteiger partial charge in [0.05, 0.1) is 0 Å². The second-order valence-corrected chi connectivity index (χ2v) is 5.32. The number of tetrazole rings is 1. The number of H-pyrrole nitrogens is 1. The number of aryl methyl sites for hydroxylation is 1. The van der Waals surface area contributed by atoms with Gasteiger partial charge in [-0.3, -0.25) is 4.79 Å². The molecule has 21 heavy (non-hydrogen) atoms. The van der Waals surface area contributed by atoms with E-state index in [1.807, 2.05) is 0 Å². The van der Waals surface area contributed by atoms with Crippen LogP contribution in [0.2, 0.25) is 0 Å². The van der Waals surface area contributed by atoms with E-state index in [1.54, 1.807) is 17.9 Å². The van der Waals surface area contributed by atoms with E-state index in [0.29, 0.717) is 30.0 Å². The summed E-state index contributed by atoms with van der Waals surface area (Å²) in [5.41, 5.74) is 1.20. The highest BCUT2D eigenvalue weighted by molar-refractivity contribution is 5.95. The number of aromatic amines is 1. The van der Waals surface area contributed by atoms with E-state index in [9.17, 15) is 9.18 Å². The van der Waals surface area contributed by atoms with Crippen LogP contribution in [-0.2, 0) is 0 Å². The van der Waals surface area contributed by atoms with Crippen molar-refractivity contribution in [2.45, 2.75) is 25.7 Å². The summed E-state index contributed by atoms with van der Waals surface area (Å²) >= 11 is 0. The number of likely N-dealkylation sites (tertiary alicyclic amines) is 1. The van der Waals surface area contributed by atoms with Crippen LogP contribution in [0.25, 0.3) is 0 Å². The first-order valence-corrected chi connectivity index (χ1v) is 6.94. The quantitative estimate of drug-likeness (QED) is 0.912. The predicted molar refractivity (Wildman–Crippen MR) is 73.2 cm³/mol. The molecule has 2 aromatic rings. The third-order valence-corrected chi connectivity index (χ3v) is 3.85. The van der Waals surface area contributed by atoms with Crippen LogP contribution in [0, 0.1) is 12.7 Å². The van der Waals surface area contributed by atoms with Gasteiger partial charge in [0.15, 0.2) is 5.82 Å². The average molecular weight is 289 g/mol. The van der Waals surface area contributed by atoms with Gasteiger partial charge in [0.1, 0.15) is 5.82 Å². The molecule has 2 heterocycles. The van der Waals surface area contributed by atoms with Crippen molar-refractivity contribution in [1.29, 1.82) is 0 Å². The van der Waals surface area contributed by atoms with E-state index in [4.69, 9.17) is 0 Å². The normalized spacial score (nSPS) is 18.8. The Balaban J connectivity index is 1.78. The van der Waals surface area contributed by atoms with Gasteiger partial charge in [-0.1, -0.05) is 5.21 Å². The summed E-state index contributed by atoms with van der Waals surface area (Å²) < 4.78 is 13.1. The van der Waals surface area contributed by atoms with E-state index in [-0.39, 0.29) is 17.6 Å². The number of hydrogen-bond acceptors (Lipinski definition) is 4. The lowest BCUT2D eigenvalue weighted by Gasteiger charge is -2.31. The molecule has 1 aliphatic heterocycles. The zero-order chi connectivity index (χ0) is 14.8. The SMILES string of the molecule is Cc1cc(F)ccc1C(=O)N1CCCC(c2nn[nH]n2)C1. The second kappa shape index (κ2) is 5.59. The third-order valence-electron chi connectivity index (χ3n) is 3.85. The van der Waals surface area contributed by atoms with Gasteiger partial charge in [-0.05, 0) is 43.5 Å². The van der Waals surface area contributed by atoms with E-state index < -0.39 is 0 Å². The van der Waals surface area contributed by atoms with Crippen LogP contribution in [-0.4, -0.2) is 44.5 Å². The van der Waals surface area contributed by atoms with Gasteiger partial charge in [0.2, 0.25) is 0 Å². The summed E-state index contributed by atoms with van der Waals surface area (Å²) in [4.78, 5) is 14.4. The topological polar surface area (TPSA) is 74.8 Å². The van der Waals surface area contributed by atoms with Crippen molar-refractivity contribution in [3.05, 3.63) is 41.0 Å². The minimum atomic E-state index is -0.327. The van der Waals surface area contributed by atoms with Crippen molar-refractivity contribution in [3.8, 4) is 0 Å². The third kappa shape index (κ3) is 2.76. The maximum atomic E-state index is 13.1.